The molecule has 0 saturated carbocycles. The van der Waals surface area contributed by atoms with Gasteiger partial charge < -0.3 is 4.42 Å². The van der Waals surface area contributed by atoms with E-state index in [4.69, 9.17) is 16.0 Å². The van der Waals surface area contributed by atoms with Crippen LogP contribution in [0.15, 0.2) is 69.9 Å². The Kier molecular flexibility index (Phi) is 3.45. The average molecular weight is 379 g/mol. The minimum Gasteiger partial charge on any atom is -0.457 e. The Hall–Kier alpha value is -2.89. The van der Waals surface area contributed by atoms with Gasteiger partial charge in [0.1, 0.15) is 16.1 Å². The average Bonchev–Trinajstić information content (AvgIpc) is 3.31. The number of benzene rings is 2. The van der Waals surface area contributed by atoms with Crippen molar-refractivity contribution in [2.24, 2.45) is 0 Å². The quantitative estimate of drug-likeness (QED) is 0.458. The Balaban J connectivity index is 1.63. The Labute approximate surface area is 156 Å². The third-order valence-electron chi connectivity index (χ3n) is 4.15. The van der Waals surface area contributed by atoms with Crippen LogP contribution in [0, 0.1) is 0 Å². The summed E-state index contributed by atoms with van der Waals surface area (Å²) in [6.07, 6.45) is 1.75. The third-order valence-corrected chi connectivity index (χ3v) is 5.36. The number of hydrogen-bond donors (Lipinski definition) is 0. The maximum Gasteiger partial charge on any atom is 0.275 e. The van der Waals surface area contributed by atoms with Crippen LogP contribution in [-0.2, 0) is 0 Å². The number of furan rings is 1. The molecule has 3 heterocycles. The van der Waals surface area contributed by atoms with Crippen molar-refractivity contribution in [1.29, 1.82) is 0 Å². The van der Waals surface area contributed by atoms with Crippen LogP contribution >= 0.6 is 22.9 Å². The number of nitrogens with zero attached hydrogens (tertiary/aromatic N) is 2. The summed E-state index contributed by atoms with van der Waals surface area (Å²) in [5.41, 5.74) is 2.46. The van der Waals surface area contributed by atoms with Crippen LogP contribution in [0.4, 0.5) is 0 Å². The monoisotopic (exact) mass is 378 g/mol. The van der Waals surface area contributed by atoms with Crippen LogP contribution in [0.25, 0.3) is 33.4 Å². The molecule has 0 radical (unpaired) electrons. The van der Waals surface area contributed by atoms with Gasteiger partial charge in [-0.1, -0.05) is 47.2 Å². The van der Waals surface area contributed by atoms with Crippen LogP contribution in [-0.4, -0.2) is 9.38 Å². The number of para-hydroxylation sites is 2. The van der Waals surface area contributed by atoms with E-state index in [1.165, 1.54) is 11.3 Å². The number of imidazole rings is 1. The lowest BCUT2D eigenvalue weighted by Crippen LogP contribution is -2.22. The molecule has 4 nitrogen and oxygen atoms in total. The van der Waals surface area contributed by atoms with E-state index in [9.17, 15) is 4.79 Å². The molecule has 0 fully saturated rings. The standard InChI is InChI=1S/C20H11ClN2O2S/c21-13-5-3-4-12(10-13)17-9-8-14(25-17)11-18-19(24)23-16-7-2-1-6-15(16)22-20(23)26-18/h1-11H. The lowest BCUT2D eigenvalue weighted by Gasteiger charge is -1.96. The van der Waals surface area contributed by atoms with E-state index in [2.05, 4.69) is 4.98 Å². The molecule has 5 aromatic rings. The van der Waals surface area contributed by atoms with Gasteiger partial charge in [-0.25, -0.2) is 9.38 Å². The Morgan fingerprint density at radius 1 is 1.08 bits per heavy atom. The lowest BCUT2D eigenvalue weighted by atomic mass is 10.2. The van der Waals surface area contributed by atoms with Gasteiger partial charge >= 0.3 is 0 Å². The molecule has 0 aliphatic heterocycles. The summed E-state index contributed by atoms with van der Waals surface area (Å²) < 4.78 is 8.10. The highest BCUT2D eigenvalue weighted by atomic mass is 35.5. The molecule has 0 N–H and O–H groups in total. The molecule has 6 heteroatoms. The van der Waals surface area contributed by atoms with Crippen molar-refractivity contribution in [3.63, 3.8) is 0 Å². The summed E-state index contributed by atoms with van der Waals surface area (Å²) in [6.45, 7) is 0. The van der Waals surface area contributed by atoms with Crippen LogP contribution in [0.1, 0.15) is 5.76 Å². The summed E-state index contributed by atoms with van der Waals surface area (Å²) in [7, 11) is 0. The second kappa shape index (κ2) is 5.83. The third kappa shape index (κ3) is 2.44. The van der Waals surface area contributed by atoms with Crippen LogP contribution in [0.5, 0.6) is 0 Å². The Morgan fingerprint density at radius 2 is 1.96 bits per heavy atom. The molecule has 0 unspecified atom stereocenters. The molecule has 0 amide bonds. The Morgan fingerprint density at radius 3 is 2.85 bits per heavy atom. The van der Waals surface area contributed by atoms with E-state index < -0.39 is 0 Å². The lowest BCUT2D eigenvalue weighted by molar-refractivity contribution is 0.571. The molecule has 0 aliphatic carbocycles. The van der Waals surface area contributed by atoms with Gasteiger partial charge in [0.15, 0.2) is 4.96 Å². The van der Waals surface area contributed by atoms with E-state index in [0.29, 0.717) is 26.0 Å². The van der Waals surface area contributed by atoms with Gasteiger partial charge in [0, 0.05) is 16.7 Å². The normalized spacial score (nSPS) is 12.4. The summed E-state index contributed by atoms with van der Waals surface area (Å²) in [4.78, 5) is 18.0. The number of fused-ring (bicyclic) bond motifs is 3. The summed E-state index contributed by atoms with van der Waals surface area (Å²) >= 11 is 7.39. The topological polar surface area (TPSA) is 47.5 Å². The van der Waals surface area contributed by atoms with Gasteiger partial charge in [-0.3, -0.25) is 4.79 Å². The number of halogens is 1. The van der Waals surface area contributed by atoms with Gasteiger partial charge in [-0.15, -0.1) is 0 Å². The minimum atomic E-state index is -0.0839. The molecular formula is C20H11ClN2O2S. The summed E-state index contributed by atoms with van der Waals surface area (Å²) in [5, 5.41) is 0.651. The van der Waals surface area contributed by atoms with Crippen LogP contribution < -0.4 is 10.1 Å². The van der Waals surface area contributed by atoms with Crippen molar-refractivity contribution < 1.29 is 4.42 Å². The zero-order chi connectivity index (χ0) is 17.7. The number of rotatable bonds is 2. The first-order valence-electron chi connectivity index (χ1n) is 7.96. The molecule has 0 bridgehead atoms. The van der Waals surface area contributed by atoms with Crippen molar-refractivity contribution in [3.8, 4) is 11.3 Å². The molecule has 0 aliphatic rings. The van der Waals surface area contributed by atoms with E-state index >= 15 is 0 Å². The molecule has 2 aromatic carbocycles. The highest BCUT2D eigenvalue weighted by Gasteiger charge is 2.11. The predicted molar refractivity (Wildman–Crippen MR) is 105 cm³/mol. The molecule has 126 valence electrons. The van der Waals surface area contributed by atoms with E-state index in [-0.39, 0.29) is 5.56 Å². The minimum absolute atomic E-state index is 0.0839. The first-order valence-corrected chi connectivity index (χ1v) is 9.16. The van der Waals surface area contributed by atoms with Gasteiger partial charge in [0.05, 0.1) is 11.0 Å². The van der Waals surface area contributed by atoms with Gasteiger partial charge in [0.25, 0.3) is 5.56 Å². The first-order chi connectivity index (χ1) is 12.7. The van der Waals surface area contributed by atoms with E-state index in [1.54, 1.807) is 10.5 Å². The summed E-state index contributed by atoms with van der Waals surface area (Å²) in [5.74, 6) is 1.32. The predicted octanol–water partition coefficient (Wildman–Crippen LogP) is 4.37. The largest absolute Gasteiger partial charge is 0.457 e. The van der Waals surface area contributed by atoms with Gasteiger partial charge in [0.2, 0.25) is 0 Å². The maximum atomic E-state index is 12.8. The van der Waals surface area contributed by atoms with Crippen molar-refractivity contribution in [3.05, 3.63) is 86.3 Å². The highest BCUT2D eigenvalue weighted by Crippen LogP contribution is 2.25. The van der Waals surface area contributed by atoms with Crippen LogP contribution in [0.2, 0.25) is 5.02 Å². The number of thiazole rings is 1. The molecule has 3 aromatic heterocycles. The fraction of sp³-hybridized carbons (Fsp3) is 0. The number of hydrogen-bond acceptors (Lipinski definition) is 4. The van der Waals surface area contributed by atoms with Crippen molar-refractivity contribution in [2.75, 3.05) is 0 Å². The van der Waals surface area contributed by atoms with Crippen molar-refractivity contribution in [1.82, 2.24) is 9.38 Å². The van der Waals surface area contributed by atoms with Gasteiger partial charge in [-0.2, -0.15) is 0 Å². The van der Waals surface area contributed by atoms with Crippen molar-refractivity contribution in [2.45, 2.75) is 0 Å². The van der Waals surface area contributed by atoms with E-state index in [0.717, 1.165) is 16.6 Å². The van der Waals surface area contributed by atoms with Crippen molar-refractivity contribution >= 4 is 45.0 Å². The maximum absolute atomic E-state index is 12.8. The number of aromatic nitrogens is 2. The molecule has 0 saturated heterocycles. The molecule has 26 heavy (non-hydrogen) atoms. The molecule has 5 rings (SSSR count). The summed E-state index contributed by atoms with van der Waals surface area (Å²) in [6, 6.07) is 18.8. The molecule has 0 atom stereocenters. The SMILES string of the molecule is O=c1c(=Cc2ccc(-c3cccc(Cl)c3)o2)sc2nc3ccccc3n12. The fourth-order valence-electron chi connectivity index (χ4n) is 2.97. The van der Waals surface area contributed by atoms with Gasteiger partial charge in [-0.05, 0) is 36.4 Å². The second-order valence-electron chi connectivity index (χ2n) is 5.85. The second-order valence-corrected chi connectivity index (χ2v) is 7.29. The van der Waals surface area contributed by atoms with Crippen LogP contribution in [0.3, 0.4) is 0 Å². The smallest absolute Gasteiger partial charge is 0.275 e. The zero-order valence-electron chi connectivity index (χ0n) is 13.3. The fourth-order valence-corrected chi connectivity index (χ4v) is 4.13. The highest BCUT2D eigenvalue weighted by molar-refractivity contribution is 7.15. The Bertz CT molecular complexity index is 1380. The first kappa shape index (κ1) is 15.4. The molecular weight excluding hydrogens is 368 g/mol. The van der Waals surface area contributed by atoms with E-state index in [1.807, 2.05) is 60.7 Å². The molecule has 0 spiro atoms. The zero-order valence-corrected chi connectivity index (χ0v) is 14.9.